The van der Waals surface area contributed by atoms with Crippen LogP contribution in [0, 0.1) is 0 Å². The van der Waals surface area contributed by atoms with E-state index in [2.05, 4.69) is 20.6 Å². The Hall–Kier alpha value is -3.36. The van der Waals surface area contributed by atoms with Gasteiger partial charge in [0.1, 0.15) is 5.01 Å². The molecule has 0 fully saturated rings. The zero-order valence-corrected chi connectivity index (χ0v) is 16.8. The minimum Gasteiger partial charge on any atom is -0.326 e. The number of hydrogen-bond donors (Lipinski definition) is 2. The minimum absolute atomic E-state index is 0.158. The van der Waals surface area contributed by atoms with Gasteiger partial charge >= 0.3 is 0 Å². The molecule has 0 bridgehead atoms. The molecule has 2 aromatic heterocycles. The van der Waals surface area contributed by atoms with Crippen LogP contribution in [-0.2, 0) is 11.2 Å². The van der Waals surface area contributed by atoms with Crippen LogP contribution in [0.4, 0.5) is 10.8 Å². The smallest absolute Gasteiger partial charge is 0.257 e. The summed E-state index contributed by atoms with van der Waals surface area (Å²) in [4.78, 5) is 33.1. The summed E-state index contributed by atoms with van der Waals surface area (Å²) in [6.07, 6.45) is 1.82. The molecule has 8 heteroatoms. The highest BCUT2D eigenvalue weighted by Gasteiger charge is 2.11. The second kappa shape index (κ2) is 8.76. The standard InChI is InChI=1S/C21H16N4O2S2/c26-18(12-17-13-29-20(24-17)15-4-2-1-3-5-15)23-16-8-6-14(7-9-16)19(27)25-21-22-10-11-28-21/h1-11,13H,12H2,(H,23,26)(H,22,25,27). The van der Waals surface area contributed by atoms with Crippen molar-refractivity contribution in [2.75, 3.05) is 10.6 Å². The van der Waals surface area contributed by atoms with E-state index in [9.17, 15) is 9.59 Å². The molecule has 0 aliphatic rings. The molecule has 6 nitrogen and oxygen atoms in total. The third-order valence-corrected chi connectivity index (χ3v) is 5.63. The topological polar surface area (TPSA) is 84.0 Å². The van der Waals surface area contributed by atoms with Gasteiger partial charge < -0.3 is 5.32 Å². The predicted molar refractivity (Wildman–Crippen MR) is 116 cm³/mol. The Bertz CT molecular complexity index is 1110. The first-order valence-corrected chi connectivity index (χ1v) is 10.5. The minimum atomic E-state index is -0.242. The van der Waals surface area contributed by atoms with Crippen molar-refractivity contribution in [2.24, 2.45) is 0 Å². The van der Waals surface area contributed by atoms with Crippen molar-refractivity contribution in [2.45, 2.75) is 6.42 Å². The van der Waals surface area contributed by atoms with E-state index < -0.39 is 0 Å². The van der Waals surface area contributed by atoms with Gasteiger partial charge in [-0.3, -0.25) is 14.9 Å². The van der Waals surface area contributed by atoms with E-state index in [-0.39, 0.29) is 18.2 Å². The number of nitrogens with one attached hydrogen (secondary N) is 2. The molecule has 0 aliphatic heterocycles. The molecule has 2 amide bonds. The van der Waals surface area contributed by atoms with E-state index in [4.69, 9.17) is 0 Å². The molecule has 144 valence electrons. The first-order chi connectivity index (χ1) is 14.2. The monoisotopic (exact) mass is 420 g/mol. The van der Waals surface area contributed by atoms with Gasteiger partial charge in [0.15, 0.2) is 5.13 Å². The summed E-state index contributed by atoms with van der Waals surface area (Å²) >= 11 is 2.87. The molecule has 29 heavy (non-hydrogen) atoms. The number of aromatic nitrogens is 2. The maximum absolute atomic E-state index is 12.3. The summed E-state index contributed by atoms with van der Waals surface area (Å²) in [7, 11) is 0. The van der Waals surface area contributed by atoms with Crippen molar-refractivity contribution in [3.63, 3.8) is 0 Å². The van der Waals surface area contributed by atoms with E-state index in [1.54, 1.807) is 35.8 Å². The lowest BCUT2D eigenvalue weighted by atomic mass is 10.2. The van der Waals surface area contributed by atoms with E-state index in [0.29, 0.717) is 16.4 Å². The molecule has 2 heterocycles. The Morgan fingerprint density at radius 1 is 0.931 bits per heavy atom. The Kier molecular flexibility index (Phi) is 5.73. The number of hydrogen-bond acceptors (Lipinski definition) is 6. The summed E-state index contributed by atoms with van der Waals surface area (Å²) < 4.78 is 0. The zero-order valence-electron chi connectivity index (χ0n) is 15.2. The van der Waals surface area contributed by atoms with Crippen LogP contribution in [0.1, 0.15) is 16.1 Å². The van der Waals surface area contributed by atoms with Crippen LogP contribution < -0.4 is 10.6 Å². The lowest BCUT2D eigenvalue weighted by molar-refractivity contribution is -0.115. The van der Waals surface area contributed by atoms with E-state index >= 15 is 0 Å². The van der Waals surface area contributed by atoms with Gasteiger partial charge in [-0.15, -0.1) is 22.7 Å². The summed E-state index contributed by atoms with van der Waals surface area (Å²) in [6.45, 7) is 0. The van der Waals surface area contributed by atoms with Gasteiger partial charge in [0.2, 0.25) is 5.91 Å². The van der Waals surface area contributed by atoms with Crippen molar-refractivity contribution >= 4 is 45.3 Å². The van der Waals surface area contributed by atoms with Crippen molar-refractivity contribution in [3.05, 3.63) is 82.8 Å². The van der Waals surface area contributed by atoms with E-state index in [0.717, 1.165) is 16.3 Å². The summed E-state index contributed by atoms with van der Waals surface area (Å²) in [6, 6.07) is 16.6. The van der Waals surface area contributed by atoms with Gasteiger partial charge in [0, 0.05) is 33.8 Å². The fourth-order valence-electron chi connectivity index (χ4n) is 2.63. The molecular weight excluding hydrogens is 404 g/mol. The molecule has 2 N–H and O–H groups in total. The Morgan fingerprint density at radius 2 is 1.72 bits per heavy atom. The highest BCUT2D eigenvalue weighted by Crippen LogP contribution is 2.23. The summed E-state index contributed by atoms with van der Waals surface area (Å²) in [5, 5.41) is 10.7. The maximum atomic E-state index is 12.3. The summed E-state index contributed by atoms with van der Waals surface area (Å²) in [5.74, 6) is -0.399. The lowest BCUT2D eigenvalue weighted by Crippen LogP contribution is -2.15. The largest absolute Gasteiger partial charge is 0.326 e. The first kappa shape index (κ1) is 19.0. The van der Waals surface area contributed by atoms with Crippen LogP contribution in [0.3, 0.4) is 0 Å². The van der Waals surface area contributed by atoms with Crippen molar-refractivity contribution in [1.29, 1.82) is 0 Å². The lowest BCUT2D eigenvalue weighted by Gasteiger charge is -2.06. The first-order valence-electron chi connectivity index (χ1n) is 8.78. The molecule has 0 spiro atoms. The highest BCUT2D eigenvalue weighted by molar-refractivity contribution is 7.13. The van der Waals surface area contributed by atoms with Gasteiger partial charge in [-0.2, -0.15) is 0 Å². The van der Waals surface area contributed by atoms with Gasteiger partial charge in [0.25, 0.3) is 5.91 Å². The van der Waals surface area contributed by atoms with Crippen molar-refractivity contribution in [1.82, 2.24) is 9.97 Å². The van der Waals surface area contributed by atoms with Gasteiger partial charge in [-0.1, -0.05) is 30.3 Å². The van der Waals surface area contributed by atoms with Gasteiger partial charge in [0.05, 0.1) is 12.1 Å². The van der Waals surface area contributed by atoms with Crippen molar-refractivity contribution < 1.29 is 9.59 Å². The SMILES string of the molecule is O=C(Cc1csc(-c2ccccc2)n1)Nc1ccc(C(=O)Nc2nccs2)cc1. The molecule has 0 radical (unpaired) electrons. The Labute approximate surface area is 175 Å². The fraction of sp³-hybridized carbons (Fsp3) is 0.0476. The predicted octanol–water partition coefficient (Wildman–Crippen LogP) is 4.70. The number of carbonyl (C=O) groups excluding carboxylic acids is 2. The van der Waals surface area contributed by atoms with Crippen LogP contribution in [0.15, 0.2) is 71.6 Å². The third kappa shape index (κ3) is 4.92. The molecule has 2 aromatic carbocycles. The quantitative estimate of drug-likeness (QED) is 0.474. The molecule has 0 atom stereocenters. The Balaban J connectivity index is 1.34. The van der Waals surface area contributed by atoms with Crippen molar-refractivity contribution in [3.8, 4) is 10.6 Å². The van der Waals surface area contributed by atoms with E-state index in [1.165, 1.54) is 22.7 Å². The van der Waals surface area contributed by atoms with Gasteiger partial charge in [-0.25, -0.2) is 9.97 Å². The molecule has 0 saturated carbocycles. The molecule has 0 saturated heterocycles. The van der Waals surface area contributed by atoms with Gasteiger partial charge in [-0.05, 0) is 24.3 Å². The third-order valence-electron chi connectivity index (χ3n) is 4.00. The van der Waals surface area contributed by atoms with Crippen LogP contribution in [-0.4, -0.2) is 21.8 Å². The van der Waals surface area contributed by atoms with Crippen LogP contribution >= 0.6 is 22.7 Å². The molecular formula is C21H16N4O2S2. The summed E-state index contributed by atoms with van der Waals surface area (Å²) in [5.41, 5.74) is 2.88. The van der Waals surface area contributed by atoms with E-state index in [1.807, 2.05) is 35.7 Å². The van der Waals surface area contributed by atoms with Crippen LogP contribution in [0.25, 0.3) is 10.6 Å². The molecule has 4 rings (SSSR count). The zero-order chi connectivity index (χ0) is 20.1. The van der Waals surface area contributed by atoms with Crippen LogP contribution in [0.2, 0.25) is 0 Å². The molecule has 0 unspecified atom stereocenters. The number of benzene rings is 2. The number of amides is 2. The average Bonchev–Trinajstić information content (AvgIpc) is 3.41. The number of anilines is 2. The highest BCUT2D eigenvalue weighted by atomic mass is 32.1. The number of thiazole rings is 2. The maximum Gasteiger partial charge on any atom is 0.257 e. The number of carbonyl (C=O) groups is 2. The molecule has 0 aliphatic carbocycles. The second-order valence-corrected chi connectivity index (χ2v) is 7.86. The Morgan fingerprint density at radius 3 is 2.45 bits per heavy atom. The second-order valence-electron chi connectivity index (χ2n) is 6.10. The average molecular weight is 421 g/mol. The number of nitrogens with zero attached hydrogens (tertiary/aromatic N) is 2. The number of rotatable bonds is 6. The van der Waals surface area contributed by atoms with Crippen LogP contribution in [0.5, 0.6) is 0 Å². The molecule has 4 aromatic rings. The fourth-order valence-corrected chi connectivity index (χ4v) is 3.98. The normalized spacial score (nSPS) is 10.5.